The van der Waals surface area contributed by atoms with Crippen LogP contribution >= 0.6 is 0 Å². The summed E-state index contributed by atoms with van der Waals surface area (Å²) in [6.45, 7) is 19.3. The van der Waals surface area contributed by atoms with Crippen molar-refractivity contribution in [2.75, 3.05) is 33.5 Å². The number of benzene rings is 4. The minimum absolute atomic E-state index is 0.0520. The Bertz CT molecular complexity index is 2510. The molecule has 0 N–H and O–H groups in total. The van der Waals surface area contributed by atoms with Gasteiger partial charge < -0.3 is 28.4 Å². The fourth-order valence-corrected chi connectivity index (χ4v) is 6.04. The predicted octanol–water partition coefficient (Wildman–Crippen LogP) is 13.3. The molecule has 4 aromatic rings. The average molecular weight is 1030 g/mol. The van der Waals surface area contributed by atoms with Crippen molar-refractivity contribution in [2.45, 2.75) is 101 Å². The van der Waals surface area contributed by atoms with E-state index in [-0.39, 0.29) is 50.3 Å². The van der Waals surface area contributed by atoms with Crippen molar-refractivity contribution in [3.8, 4) is 5.75 Å². The lowest BCUT2D eigenvalue weighted by molar-refractivity contribution is -0.158. The minimum atomic E-state index is -0.509. The molecule has 0 saturated heterocycles. The Kier molecular flexibility index (Phi) is 28.8. The van der Waals surface area contributed by atoms with E-state index in [9.17, 15) is 28.8 Å². The molecule has 4 rings (SSSR count). The minimum Gasteiger partial charge on any atom is -0.469 e. The largest absolute Gasteiger partial charge is 0.469 e. The quantitative estimate of drug-likeness (QED) is 0.0164. The number of esters is 6. The van der Waals surface area contributed by atoms with Crippen molar-refractivity contribution < 1.29 is 57.2 Å². The summed E-state index contributed by atoms with van der Waals surface area (Å²) in [7, 11) is 1.42. The van der Waals surface area contributed by atoms with Crippen LogP contribution in [0.1, 0.15) is 122 Å². The highest BCUT2D eigenvalue weighted by Crippen LogP contribution is 2.31. The van der Waals surface area contributed by atoms with E-state index in [1.807, 2.05) is 172 Å². The van der Waals surface area contributed by atoms with Crippen LogP contribution < -0.4 is 4.74 Å². The Morgan fingerprint density at radius 3 is 1.35 bits per heavy atom. The molecule has 4 aromatic carbocycles. The summed E-state index contributed by atoms with van der Waals surface area (Å²) in [5.41, 5.74) is 3.88. The first-order valence-electron chi connectivity index (χ1n) is 25.2. The number of hydrogen-bond donors (Lipinski definition) is 0. The standard InChI is InChI=1S/C24H28O4.C20H26O4.C19H24O4/c1-18(16-17-24(2,3)23(26)27-4)20-11-13-21(14-12-20)28-22(25)15-10-19-8-6-5-7-9-19;1-5-20(3,4)19(22)24-15-14-23-18(21)9-7-6-8-17-12-10-16(2)11-13-17;1-4-19(2,3)18(21)23-15-14-22-17(20)13-9-8-12-16-10-6-5-7-11-16/h5-15,18H,16-17H2,1-4H3;6-13H,5,14-15H2,1-4H3;5-13H,4,14-15H2,1-3H3/b15-10+;8-6+,9-7+;12-8+,13-9+. The average Bonchev–Trinajstić information content (AvgIpc) is 3.41. The molecule has 0 aliphatic rings. The lowest BCUT2D eigenvalue weighted by atomic mass is 9.83. The molecule has 0 fully saturated rings. The van der Waals surface area contributed by atoms with Crippen molar-refractivity contribution >= 4 is 54.0 Å². The summed E-state index contributed by atoms with van der Waals surface area (Å²) in [5, 5.41) is 0. The molecular formula is C63H78O12. The second-order valence-electron chi connectivity index (χ2n) is 19.4. The van der Waals surface area contributed by atoms with Crippen LogP contribution in [0, 0.1) is 23.2 Å². The number of hydrogen-bond acceptors (Lipinski definition) is 12. The van der Waals surface area contributed by atoms with Gasteiger partial charge in [0, 0.05) is 18.2 Å². The predicted molar refractivity (Wildman–Crippen MR) is 297 cm³/mol. The molecule has 0 heterocycles. The third kappa shape index (κ3) is 26.8. The first-order valence-corrected chi connectivity index (χ1v) is 25.2. The van der Waals surface area contributed by atoms with Gasteiger partial charge in [-0.1, -0.05) is 160 Å². The van der Waals surface area contributed by atoms with E-state index in [1.165, 1.54) is 30.9 Å². The van der Waals surface area contributed by atoms with Gasteiger partial charge in [0.15, 0.2) is 0 Å². The molecule has 0 bridgehead atoms. The molecule has 1 atom stereocenters. The van der Waals surface area contributed by atoms with E-state index in [4.69, 9.17) is 28.4 Å². The molecule has 0 saturated carbocycles. The van der Waals surface area contributed by atoms with Gasteiger partial charge in [0.2, 0.25) is 0 Å². The molecule has 0 aliphatic heterocycles. The van der Waals surface area contributed by atoms with Crippen LogP contribution in [0.2, 0.25) is 0 Å². The van der Waals surface area contributed by atoms with Crippen LogP contribution in [-0.4, -0.2) is 69.4 Å². The molecule has 0 aliphatic carbocycles. The SMILES string of the molecule is CCC(C)(C)C(=O)OCCOC(=O)/C=C/C=C/c1ccc(C)cc1.CCC(C)(C)C(=O)OCCOC(=O)/C=C/C=C/c1ccccc1.COC(=O)C(C)(C)CCC(C)c1ccc(OC(=O)/C=C/c2ccccc2)cc1. The highest BCUT2D eigenvalue weighted by Gasteiger charge is 2.29. The van der Waals surface area contributed by atoms with E-state index in [0.717, 1.165) is 35.1 Å². The van der Waals surface area contributed by atoms with E-state index < -0.39 is 34.2 Å². The Morgan fingerprint density at radius 2 is 0.907 bits per heavy atom. The zero-order valence-corrected chi connectivity index (χ0v) is 45.8. The fraction of sp³-hybridized carbons (Fsp3) is 0.365. The second-order valence-corrected chi connectivity index (χ2v) is 19.4. The highest BCUT2D eigenvalue weighted by molar-refractivity contribution is 5.88. The number of ether oxygens (including phenoxy) is 6. The van der Waals surface area contributed by atoms with Crippen LogP contribution in [-0.2, 0) is 52.5 Å². The zero-order chi connectivity index (χ0) is 55.7. The molecule has 402 valence electrons. The molecule has 12 nitrogen and oxygen atoms in total. The Hall–Kier alpha value is -7.60. The second kappa shape index (κ2) is 34.0. The molecule has 0 spiro atoms. The normalized spacial score (nSPS) is 12.1. The van der Waals surface area contributed by atoms with E-state index in [2.05, 4.69) is 6.92 Å². The summed E-state index contributed by atoms with van der Waals surface area (Å²) < 4.78 is 30.3. The number of carbonyl (C=O) groups is 6. The van der Waals surface area contributed by atoms with E-state index in [1.54, 1.807) is 42.5 Å². The maximum Gasteiger partial charge on any atom is 0.336 e. The Balaban J connectivity index is 0.000000388. The van der Waals surface area contributed by atoms with Crippen LogP contribution in [0.15, 0.2) is 152 Å². The van der Waals surface area contributed by atoms with Crippen LogP contribution in [0.3, 0.4) is 0 Å². The lowest BCUT2D eigenvalue weighted by Crippen LogP contribution is -2.27. The molecule has 0 radical (unpaired) electrons. The number of aryl methyl sites for hydroxylation is 1. The number of allylic oxidation sites excluding steroid dienone is 4. The summed E-state index contributed by atoms with van der Waals surface area (Å²) in [5.74, 6) is -1.30. The van der Waals surface area contributed by atoms with Gasteiger partial charge in [0.1, 0.15) is 32.2 Å². The summed E-state index contributed by atoms with van der Waals surface area (Å²) in [6.07, 6.45) is 19.4. The maximum atomic E-state index is 12.0. The van der Waals surface area contributed by atoms with Crippen molar-refractivity contribution in [3.63, 3.8) is 0 Å². The Labute approximate surface area is 445 Å². The van der Waals surface area contributed by atoms with Gasteiger partial charge >= 0.3 is 35.8 Å². The van der Waals surface area contributed by atoms with Crippen molar-refractivity contribution in [1.29, 1.82) is 0 Å². The fourth-order valence-electron chi connectivity index (χ4n) is 6.04. The van der Waals surface area contributed by atoms with E-state index >= 15 is 0 Å². The van der Waals surface area contributed by atoms with Gasteiger partial charge in [-0.3, -0.25) is 14.4 Å². The molecule has 75 heavy (non-hydrogen) atoms. The van der Waals surface area contributed by atoms with Crippen molar-refractivity contribution in [1.82, 2.24) is 0 Å². The molecule has 1 unspecified atom stereocenters. The van der Waals surface area contributed by atoms with Crippen LogP contribution in [0.4, 0.5) is 0 Å². The van der Waals surface area contributed by atoms with Gasteiger partial charge in [0.25, 0.3) is 0 Å². The third-order valence-corrected chi connectivity index (χ3v) is 12.0. The number of methoxy groups -OCH3 is 1. The van der Waals surface area contributed by atoms with Gasteiger partial charge in [-0.2, -0.15) is 0 Å². The molecule has 0 aromatic heterocycles. The zero-order valence-electron chi connectivity index (χ0n) is 45.8. The smallest absolute Gasteiger partial charge is 0.336 e. The van der Waals surface area contributed by atoms with Crippen LogP contribution in [0.5, 0.6) is 5.75 Å². The topological polar surface area (TPSA) is 158 Å². The van der Waals surface area contributed by atoms with Crippen LogP contribution in [0.25, 0.3) is 18.2 Å². The van der Waals surface area contributed by atoms with E-state index in [0.29, 0.717) is 18.6 Å². The first-order chi connectivity index (χ1) is 35.6. The molecular weight excluding hydrogens is 949 g/mol. The lowest BCUT2D eigenvalue weighted by Gasteiger charge is -2.23. The van der Waals surface area contributed by atoms with Gasteiger partial charge in [-0.15, -0.1) is 0 Å². The summed E-state index contributed by atoms with van der Waals surface area (Å²) >= 11 is 0. The van der Waals surface area contributed by atoms with Gasteiger partial charge in [-0.05, 0) is 121 Å². The third-order valence-electron chi connectivity index (χ3n) is 12.0. The number of carbonyl (C=O) groups excluding carboxylic acids is 6. The Morgan fingerprint density at radius 1 is 0.480 bits per heavy atom. The van der Waals surface area contributed by atoms with Crippen molar-refractivity contribution in [3.05, 3.63) is 180 Å². The van der Waals surface area contributed by atoms with Gasteiger partial charge in [-0.25, -0.2) is 14.4 Å². The highest BCUT2D eigenvalue weighted by atomic mass is 16.6. The first kappa shape index (κ1) is 63.5. The summed E-state index contributed by atoms with van der Waals surface area (Å²) in [6, 6.07) is 34.9. The molecule has 0 amide bonds. The summed E-state index contributed by atoms with van der Waals surface area (Å²) in [4.78, 5) is 70.2. The van der Waals surface area contributed by atoms with Gasteiger partial charge in [0.05, 0.1) is 23.4 Å². The maximum absolute atomic E-state index is 12.0. The van der Waals surface area contributed by atoms with Crippen molar-refractivity contribution in [2.24, 2.45) is 16.2 Å². The number of rotatable bonds is 24. The molecule has 12 heteroatoms. The monoisotopic (exact) mass is 1030 g/mol.